The molecule has 5 aromatic rings. The van der Waals surface area contributed by atoms with Crippen molar-refractivity contribution in [3.05, 3.63) is 101 Å². The van der Waals surface area contributed by atoms with E-state index >= 15 is 0 Å². The highest BCUT2D eigenvalue weighted by Gasteiger charge is 2.15. The molecule has 0 spiro atoms. The molecule has 4 aromatic carbocycles. The van der Waals surface area contributed by atoms with Gasteiger partial charge in [-0.1, -0.05) is 42.5 Å². The van der Waals surface area contributed by atoms with Crippen LogP contribution in [0.25, 0.3) is 33.1 Å². The van der Waals surface area contributed by atoms with E-state index in [1.807, 2.05) is 60.9 Å². The Bertz CT molecular complexity index is 1540. The van der Waals surface area contributed by atoms with Crippen LogP contribution >= 0.6 is 11.8 Å². The van der Waals surface area contributed by atoms with E-state index in [1.165, 1.54) is 0 Å². The molecule has 0 saturated heterocycles. The molecule has 156 valence electrons. The molecular weight excluding hydrogens is 420 g/mol. The minimum atomic E-state index is -0.462. The Balaban J connectivity index is 1.52. The Morgan fingerprint density at radius 1 is 0.906 bits per heavy atom. The molecule has 6 heteroatoms. The SMILES string of the molecule is CSc1ccc2nc(-c3ccccc3NC(=O)c3ccc4ccccc4c3)oc(=O)c2c1. The normalized spacial score (nSPS) is 11.0. The van der Waals surface area contributed by atoms with E-state index in [0.29, 0.717) is 27.7 Å². The fourth-order valence-electron chi connectivity index (χ4n) is 3.60. The third-order valence-electron chi connectivity index (χ3n) is 5.25. The number of nitrogens with one attached hydrogen (secondary N) is 1. The van der Waals surface area contributed by atoms with E-state index < -0.39 is 5.63 Å². The topological polar surface area (TPSA) is 72.2 Å². The Kier molecular flexibility index (Phi) is 5.21. The van der Waals surface area contributed by atoms with Crippen molar-refractivity contribution in [3.63, 3.8) is 0 Å². The number of rotatable bonds is 4. The molecule has 0 aliphatic rings. The van der Waals surface area contributed by atoms with Gasteiger partial charge in [-0.2, -0.15) is 0 Å². The number of anilines is 1. The zero-order valence-corrected chi connectivity index (χ0v) is 18.0. The van der Waals surface area contributed by atoms with Crippen LogP contribution in [0.4, 0.5) is 5.69 Å². The second-order valence-corrected chi connectivity index (χ2v) is 8.13. The van der Waals surface area contributed by atoms with Gasteiger partial charge in [0.05, 0.1) is 22.2 Å². The smallest absolute Gasteiger partial charge is 0.347 e. The van der Waals surface area contributed by atoms with E-state index in [9.17, 15) is 9.59 Å². The number of amides is 1. The molecule has 0 unspecified atom stereocenters. The molecule has 0 aliphatic heterocycles. The Labute approximate surface area is 188 Å². The summed E-state index contributed by atoms with van der Waals surface area (Å²) < 4.78 is 5.53. The quantitative estimate of drug-likeness (QED) is 0.349. The number of carbonyl (C=O) groups is 1. The monoisotopic (exact) mass is 438 g/mol. The lowest BCUT2D eigenvalue weighted by Crippen LogP contribution is -2.13. The van der Waals surface area contributed by atoms with Gasteiger partial charge in [-0.05, 0) is 59.5 Å². The standard InChI is InChI=1S/C26H18N2O3S/c1-32-19-12-13-23-21(15-19)26(30)31-25(28-23)20-8-4-5-9-22(20)27-24(29)18-11-10-16-6-2-3-7-17(16)14-18/h2-15H,1H3,(H,27,29). The molecule has 0 aliphatic carbocycles. The zero-order valence-electron chi connectivity index (χ0n) is 17.2. The molecule has 1 aromatic heterocycles. The summed E-state index contributed by atoms with van der Waals surface area (Å²) in [5, 5.41) is 5.41. The summed E-state index contributed by atoms with van der Waals surface area (Å²) in [5.74, 6) is -0.0928. The van der Waals surface area contributed by atoms with Crippen molar-refractivity contribution < 1.29 is 9.21 Å². The molecule has 0 bridgehead atoms. The van der Waals surface area contributed by atoms with Gasteiger partial charge in [-0.15, -0.1) is 11.8 Å². The number of carbonyl (C=O) groups excluding carboxylic acids is 1. The summed E-state index contributed by atoms with van der Waals surface area (Å²) in [6, 6.07) is 26.1. The summed E-state index contributed by atoms with van der Waals surface area (Å²) in [4.78, 5) is 31.1. The highest BCUT2D eigenvalue weighted by molar-refractivity contribution is 7.98. The van der Waals surface area contributed by atoms with Gasteiger partial charge in [0, 0.05) is 10.5 Å². The van der Waals surface area contributed by atoms with E-state index in [4.69, 9.17) is 4.42 Å². The van der Waals surface area contributed by atoms with Gasteiger partial charge in [0.1, 0.15) is 0 Å². The van der Waals surface area contributed by atoms with Crippen molar-refractivity contribution in [1.29, 1.82) is 0 Å². The van der Waals surface area contributed by atoms with Crippen molar-refractivity contribution in [2.45, 2.75) is 4.90 Å². The first-order valence-electron chi connectivity index (χ1n) is 10.0. The first kappa shape index (κ1) is 20.0. The molecule has 0 saturated carbocycles. The number of thioether (sulfide) groups is 1. The lowest BCUT2D eigenvalue weighted by Gasteiger charge is -2.11. The molecule has 0 atom stereocenters. The summed E-state index contributed by atoms with van der Waals surface area (Å²) in [7, 11) is 0. The highest BCUT2D eigenvalue weighted by Crippen LogP contribution is 2.28. The van der Waals surface area contributed by atoms with E-state index in [-0.39, 0.29) is 11.8 Å². The van der Waals surface area contributed by atoms with Crippen molar-refractivity contribution in [2.24, 2.45) is 0 Å². The summed E-state index contributed by atoms with van der Waals surface area (Å²) in [6.45, 7) is 0. The predicted molar refractivity (Wildman–Crippen MR) is 129 cm³/mol. The lowest BCUT2D eigenvalue weighted by atomic mass is 10.1. The van der Waals surface area contributed by atoms with Gasteiger partial charge < -0.3 is 9.73 Å². The average molecular weight is 439 g/mol. The Morgan fingerprint density at radius 3 is 2.53 bits per heavy atom. The Morgan fingerprint density at radius 2 is 1.69 bits per heavy atom. The fourth-order valence-corrected chi connectivity index (χ4v) is 4.04. The van der Waals surface area contributed by atoms with E-state index in [0.717, 1.165) is 15.7 Å². The van der Waals surface area contributed by atoms with E-state index in [1.54, 1.807) is 42.1 Å². The molecule has 1 amide bonds. The maximum absolute atomic E-state index is 13.0. The number of benzene rings is 4. The van der Waals surface area contributed by atoms with Crippen LogP contribution in [0.15, 0.2) is 99.0 Å². The zero-order chi connectivity index (χ0) is 22.1. The molecule has 0 radical (unpaired) electrons. The minimum absolute atomic E-state index is 0.161. The molecular formula is C26H18N2O3S. The third-order valence-corrected chi connectivity index (χ3v) is 5.98. The summed E-state index contributed by atoms with van der Waals surface area (Å²) in [6.07, 6.45) is 1.94. The van der Waals surface area contributed by atoms with Crippen LogP contribution in [0.5, 0.6) is 0 Å². The van der Waals surface area contributed by atoms with Gasteiger partial charge in [-0.3, -0.25) is 4.79 Å². The number of nitrogens with zero attached hydrogens (tertiary/aromatic N) is 1. The van der Waals surface area contributed by atoms with Gasteiger partial charge in [0.25, 0.3) is 5.91 Å². The second-order valence-electron chi connectivity index (χ2n) is 7.25. The first-order valence-corrected chi connectivity index (χ1v) is 11.2. The van der Waals surface area contributed by atoms with Crippen LogP contribution in [0, 0.1) is 0 Å². The average Bonchev–Trinajstić information content (AvgIpc) is 2.83. The van der Waals surface area contributed by atoms with Gasteiger partial charge in [-0.25, -0.2) is 9.78 Å². The third kappa shape index (κ3) is 3.76. The van der Waals surface area contributed by atoms with Crippen LogP contribution in [-0.2, 0) is 0 Å². The minimum Gasteiger partial charge on any atom is -0.403 e. The van der Waals surface area contributed by atoms with Crippen molar-refractivity contribution in [3.8, 4) is 11.5 Å². The molecule has 1 N–H and O–H groups in total. The summed E-state index contributed by atoms with van der Waals surface area (Å²) >= 11 is 1.54. The maximum Gasteiger partial charge on any atom is 0.347 e. The molecule has 5 rings (SSSR count). The van der Waals surface area contributed by atoms with Crippen LogP contribution in [-0.4, -0.2) is 17.1 Å². The first-order chi connectivity index (χ1) is 15.6. The van der Waals surface area contributed by atoms with Gasteiger partial charge in [0.2, 0.25) is 5.89 Å². The largest absolute Gasteiger partial charge is 0.403 e. The fraction of sp³-hybridized carbons (Fsp3) is 0.0385. The van der Waals surface area contributed by atoms with Crippen molar-refractivity contribution >= 4 is 45.0 Å². The number of hydrogen-bond acceptors (Lipinski definition) is 5. The molecule has 32 heavy (non-hydrogen) atoms. The molecule has 0 fully saturated rings. The molecule has 1 heterocycles. The van der Waals surface area contributed by atoms with Gasteiger partial charge in [0.15, 0.2) is 0 Å². The number of aromatic nitrogens is 1. The number of para-hydroxylation sites is 1. The second kappa shape index (κ2) is 8.32. The number of fused-ring (bicyclic) bond motifs is 2. The van der Waals surface area contributed by atoms with Crippen LogP contribution in [0.1, 0.15) is 10.4 Å². The van der Waals surface area contributed by atoms with Gasteiger partial charge >= 0.3 is 5.63 Å². The van der Waals surface area contributed by atoms with Crippen molar-refractivity contribution in [2.75, 3.05) is 11.6 Å². The Hall–Kier alpha value is -3.90. The number of hydrogen-bond donors (Lipinski definition) is 1. The highest BCUT2D eigenvalue weighted by atomic mass is 32.2. The van der Waals surface area contributed by atoms with E-state index in [2.05, 4.69) is 10.3 Å². The predicted octanol–water partition coefficient (Wildman–Crippen LogP) is 5.98. The van der Waals surface area contributed by atoms with Crippen molar-refractivity contribution in [1.82, 2.24) is 4.98 Å². The van der Waals surface area contributed by atoms with Crippen LogP contribution in [0.3, 0.4) is 0 Å². The van der Waals surface area contributed by atoms with Crippen LogP contribution < -0.4 is 10.9 Å². The molecule has 5 nitrogen and oxygen atoms in total. The lowest BCUT2D eigenvalue weighted by molar-refractivity contribution is 0.102. The maximum atomic E-state index is 13.0. The summed E-state index contributed by atoms with van der Waals surface area (Å²) in [5.41, 5.74) is 1.67. The van der Waals surface area contributed by atoms with Crippen LogP contribution in [0.2, 0.25) is 0 Å².